The van der Waals surface area contributed by atoms with Gasteiger partial charge in [0.2, 0.25) is 0 Å². The molecule has 0 amide bonds. The Morgan fingerprint density at radius 2 is 2.22 bits per heavy atom. The van der Waals surface area contributed by atoms with Crippen LogP contribution in [0.5, 0.6) is 0 Å². The molecule has 18 heavy (non-hydrogen) atoms. The van der Waals surface area contributed by atoms with Crippen molar-refractivity contribution in [1.29, 1.82) is 0 Å². The molecule has 2 nitrogen and oxygen atoms in total. The summed E-state index contributed by atoms with van der Waals surface area (Å²) in [6, 6.07) is 5.11. The van der Waals surface area contributed by atoms with Gasteiger partial charge in [0, 0.05) is 22.9 Å². The van der Waals surface area contributed by atoms with Crippen LogP contribution in [0.25, 0.3) is 11.3 Å². The second-order valence-electron chi connectivity index (χ2n) is 5.13. The molecule has 1 aliphatic rings. The summed E-state index contributed by atoms with van der Waals surface area (Å²) in [6.07, 6.45) is 3.05. The van der Waals surface area contributed by atoms with Gasteiger partial charge >= 0.3 is 0 Å². The Morgan fingerprint density at radius 1 is 1.44 bits per heavy atom. The summed E-state index contributed by atoms with van der Waals surface area (Å²) in [5.41, 5.74) is 8.62. The highest BCUT2D eigenvalue weighted by molar-refractivity contribution is 7.10. The molecule has 1 aliphatic carbocycles. The molecule has 0 aliphatic heterocycles. The number of thiazole rings is 1. The molecule has 0 bridgehead atoms. The fraction of sp³-hybridized carbons (Fsp3) is 0.357. The van der Waals surface area contributed by atoms with Crippen molar-refractivity contribution in [2.24, 2.45) is 5.73 Å². The first-order chi connectivity index (χ1) is 8.56. The Hall–Kier alpha value is -1.26. The summed E-state index contributed by atoms with van der Waals surface area (Å²) >= 11 is 1.64. The third-order valence-electron chi connectivity index (χ3n) is 3.40. The van der Waals surface area contributed by atoms with Gasteiger partial charge in [0.1, 0.15) is 5.82 Å². The minimum absolute atomic E-state index is 0.00612. The fourth-order valence-corrected chi connectivity index (χ4v) is 2.93. The molecular weight excluding hydrogens is 247 g/mol. The molecule has 1 saturated carbocycles. The molecule has 94 valence electrons. The maximum Gasteiger partial charge on any atom is 0.126 e. The first kappa shape index (κ1) is 11.8. The number of rotatable bonds is 3. The van der Waals surface area contributed by atoms with E-state index in [4.69, 9.17) is 5.73 Å². The van der Waals surface area contributed by atoms with E-state index >= 15 is 0 Å². The third-order valence-corrected chi connectivity index (χ3v) is 4.25. The Kier molecular flexibility index (Phi) is 2.72. The van der Waals surface area contributed by atoms with E-state index in [1.165, 1.54) is 6.07 Å². The van der Waals surface area contributed by atoms with Crippen LogP contribution in [-0.4, -0.2) is 10.5 Å². The van der Waals surface area contributed by atoms with Gasteiger partial charge in [0.25, 0.3) is 0 Å². The molecule has 0 unspecified atom stereocenters. The largest absolute Gasteiger partial charge is 0.325 e. The lowest BCUT2D eigenvalue weighted by Crippen LogP contribution is -2.24. The number of nitrogens with two attached hydrogens (primary N) is 1. The van der Waals surface area contributed by atoms with Crippen LogP contribution in [0, 0.1) is 12.7 Å². The molecule has 1 fully saturated rings. The van der Waals surface area contributed by atoms with Crippen LogP contribution in [-0.2, 0) is 6.42 Å². The van der Waals surface area contributed by atoms with Crippen LogP contribution < -0.4 is 5.73 Å². The quantitative estimate of drug-likeness (QED) is 0.921. The summed E-state index contributed by atoms with van der Waals surface area (Å²) in [7, 11) is 0. The highest BCUT2D eigenvalue weighted by Crippen LogP contribution is 2.37. The lowest BCUT2D eigenvalue weighted by atomic mass is 10.1. The number of hydrogen-bond acceptors (Lipinski definition) is 3. The Bertz CT molecular complexity index is 587. The molecule has 3 rings (SSSR count). The third kappa shape index (κ3) is 2.31. The van der Waals surface area contributed by atoms with Crippen molar-refractivity contribution in [3.05, 3.63) is 40.0 Å². The normalized spacial score (nSPS) is 16.8. The minimum Gasteiger partial charge on any atom is -0.325 e. The zero-order valence-corrected chi connectivity index (χ0v) is 11.1. The molecule has 2 N–H and O–H groups in total. The van der Waals surface area contributed by atoms with Gasteiger partial charge in [-0.15, -0.1) is 11.3 Å². The van der Waals surface area contributed by atoms with Gasteiger partial charge in [-0.1, -0.05) is 0 Å². The molecule has 0 atom stereocenters. The van der Waals surface area contributed by atoms with E-state index in [1.54, 1.807) is 24.3 Å². The van der Waals surface area contributed by atoms with Crippen molar-refractivity contribution in [1.82, 2.24) is 4.98 Å². The number of aryl methyl sites for hydroxylation is 1. The maximum absolute atomic E-state index is 13.2. The number of halogens is 1. The van der Waals surface area contributed by atoms with Gasteiger partial charge in [-0.05, 0) is 43.5 Å². The lowest BCUT2D eigenvalue weighted by molar-refractivity contribution is 0.619. The van der Waals surface area contributed by atoms with Gasteiger partial charge in [-0.25, -0.2) is 9.37 Å². The van der Waals surface area contributed by atoms with E-state index in [1.807, 2.05) is 11.4 Å². The van der Waals surface area contributed by atoms with Gasteiger partial charge in [-0.3, -0.25) is 0 Å². The van der Waals surface area contributed by atoms with Crippen molar-refractivity contribution in [2.75, 3.05) is 0 Å². The monoisotopic (exact) mass is 262 g/mol. The van der Waals surface area contributed by atoms with Crippen molar-refractivity contribution >= 4 is 11.3 Å². The number of hydrogen-bond donors (Lipinski definition) is 1. The van der Waals surface area contributed by atoms with E-state index in [0.29, 0.717) is 5.56 Å². The second kappa shape index (κ2) is 4.14. The Morgan fingerprint density at radius 3 is 2.89 bits per heavy atom. The average Bonchev–Trinajstić information content (AvgIpc) is 2.88. The minimum atomic E-state index is -0.173. The number of aromatic nitrogens is 1. The Balaban J connectivity index is 1.85. The molecule has 1 aromatic carbocycles. The van der Waals surface area contributed by atoms with Gasteiger partial charge in [-0.2, -0.15) is 0 Å². The van der Waals surface area contributed by atoms with E-state index in [2.05, 4.69) is 4.98 Å². The summed E-state index contributed by atoms with van der Waals surface area (Å²) in [6.45, 7) is 1.77. The molecule has 0 saturated heterocycles. The molecule has 4 heteroatoms. The van der Waals surface area contributed by atoms with E-state index < -0.39 is 0 Å². The zero-order valence-electron chi connectivity index (χ0n) is 10.2. The maximum atomic E-state index is 13.2. The highest BCUT2D eigenvalue weighted by atomic mass is 32.1. The van der Waals surface area contributed by atoms with Gasteiger partial charge in [0.05, 0.1) is 10.7 Å². The van der Waals surface area contributed by atoms with E-state index in [-0.39, 0.29) is 11.4 Å². The molecule has 0 spiro atoms. The fourth-order valence-electron chi connectivity index (χ4n) is 1.97. The predicted octanol–water partition coefficient (Wildman–Crippen LogP) is 3.29. The van der Waals surface area contributed by atoms with Crippen LogP contribution in [0.4, 0.5) is 4.39 Å². The summed E-state index contributed by atoms with van der Waals surface area (Å²) in [5, 5.41) is 3.10. The van der Waals surface area contributed by atoms with Crippen LogP contribution in [0.2, 0.25) is 0 Å². The second-order valence-corrected chi connectivity index (χ2v) is 6.07. The molecule has 2 aromatic rings. The first-order valence-electron chi connectivity index (χ1n) is 6.06. The topological polar surface area (TPSA) is 38.9 Å². The summed E-state index contributed by atoms with van der Waals surface area (Å²) in [5.74, 6) is -0.173. The Labute approximate surface area is 110 Å². The van der Waals surface area contributed by atoms with Crippen molar-refractivity contribution in [2.45, 2.75) is 31.7 Å². The molecule has 0 radical (unpaired) electrons. The predicted molar refractivity (Wildman–Crippen MR) is 72.1 cm³/mol. The first-order valence-corrected chi connectivity index (χ1v) is 6.94. The van der Waals surface area contributed by atoms with Crippen LogP contribution in [0.1, 0.15) is 23.4 Å². The van der Waals surface area contributed by atoms with E-state index in [0.717, 1.165) is 35.5 Å². The SMILES string of the molecule is Cc1cc(-c2csc(CC3(N)CC3)n2)ccc1F. The summed E-state index contributed by atoms with van der Waals surface area (Å²) in [4.78, 5) is 4.59. The molecule has 1 aromatic heterocycles. The van der Waals surface area contributed by atoms with Crippen molar-refractivity contribution < 1.29 is 4.39 Å². The van der Waals surface area contributed by atoms with Crippen LogP contribution in [0.15, 0.2) is 23.6 Å². The zero-order chi connectivity index (χ0) is 12.8. The van der Waals surface area contributed by atoms with E-state index in [9.17, 15) is 4.39 Å². The van der Waals surface area contributed by atoms with Crippen LogP contribution >= 0.6 is 11.3 Å². The summed E-state index contributed by atoms with van der Waals surface area (Å²) < 4.78 is 13.2. The smallest absolute Gasteiger partial charge is 0.126 e. The highest BCUT2D eigenvalue weighted by Gasteiger charge is 2.38. The van der Waals surface area contributed by atoms with Crippen molar-refractivity contribution in [3.8, 4) is 11.3 Å². The lowest BCUT2D eigenvalue weighted by Gasteiger charge is -2.04. The van der Waals surface area contributed by atoms with Crippen molar-refractivity contribution in [3.63, 3.8) is 0 Å². The standard InChI is InChI=1S/C14H15FN2S/c1-9-6-10(2-3-11(9)15)12-8-18-13(17-12)7-14(16)4-5-14/h2-3,6,8H,4-5,7,16H2,1H3. The number of benzene rings is 1. The average molecular weight is 262 g/mol. The molecule has 1 heterocycles. The van der Waals surface area contributed by atoms with Gasteiger partial charge < -0.3 is 5.73 Å². The molecular formula is C14H15FN2S. The van der Waals surface area contributed by atoms with Gasteiger partial charge in [0.15, 0.2) is 0 Å². The van der Waals surface area contributed by atoms with Crippen LogP contribution in [0.3, 0.4) is 0 Å². The number of nitrogens with zero attached hydrogens (tertiary/aromatic N) is 1.